The molecule has 1 fully saturated rings. The molecule has 5 heteroatoms. The average molecular weight is 376 g/mol. The molecule has 1 aliphatic rings. The van der Waals surface area contributed by atoms with Gasteiger partial charge in [0.2, 0.25) is 5.91 Å². The largest absolute Gasteiger partial charge is 0.338 e. The van der Waals surface area contributed by atoms with Crippen LogP contribution in [0.4, 0.5) is 10.1 Å². The third kappa shape index (κ3) is 3.74. The predicted molar refractivity (Wildman–Crippen MR) is 108 cm³/mol. The zero-order chi connectivity index (χ0) is 19.5. The van der Waals surface area contributed by atoms with Gasteiger partial charge in [0, 0.05) is 24.3 Å². The standard InChI is InChI=1S/C23H21FN2O2/c24-18-9-4-10-19(14-18)25-22(27)17-8-5-13-26(15-17)23(28)21-12-3-7-16-6-1-2-11-20(16)21/h1-4,6-7,9-12,14,17H,5,8,13,15H2,(H,25,27). The van der Waals surface area contributed by atoms with E-state index in [4.69, 9.17) is 0 Å². The molecular formula is C23H21FN2O2. The molecule has 1 N–H and O–H groups in total. The van der Waals surface area contributed by atoms with E-state index in [2.05, 4.69) is 5.32 Å². The quantitative estimate of drug-likeness (QED) is 0.733. The molecule has 1 saturated heterocycles. The second-order valence-electron chi connectivity index (χ2n) is 7.12. The maximum atomic E-state index is 13.3. The number of hydrogen-bond acceptors (Lipinski definition) is 2. The first-order valence-electron chi connectivity index (χ1n) is 9.45. The van der Waals surface area contributed by atoms with Crippen LogP contribution in [0.15, 0.2) is 66.7 Å². The van der Waals surface area contributed by atoms with E-state index < -0.39 is 5.82 Å². The van der Waals surface area contributed by atoms with Gasteiger partial charge in [-0.15, -0.1) is 0 Å². The van der Waals surface area contributed by atoms with E-state index >= 15 is 0 Å². The lowest BCUT2D eigenvalue weighted by Crippen LogP contribution is -2.43. The van der Waals surface area contributed by atoms with Crippen molar-refractivity contribution in [1.82, 2.24) is 4.90 Å². The molecule has 1 unspecified atom stereocenters. The number of anilines is 1. The Bertz CT molecular complexity index is 1030. The highest BCUT2D eigenvalue weighted by Gasteiger charge is 2.29. The van der Waals surface area contributed by atoms with Gasteiger partial charge in [-0.3, -0.25) is 9.59 Å². The zero-order valence-corrected chi connectivity index (χ0v) is 15.4. The molecule has 0 bridgehead atoms. The van der Waals surface area contributed by atoms with Gasteiger partial charge in [0.1, 0.15) is 5.82 Å². The number of piperidine rings is 1. The van der Waals surface area contributed by atoms with Crippen molar-refractivity contribution in [3.63, 3.8) is 0 Å². The Morgan fingerprint density at radius 2 is 1.79 bits per heavy atom. The van der Waals surface area contributed by atoms with Gasteiger partial charge in [0.25, 0.3) is 5.91 Å². The average Bonchev–Trinajstić information content (AvgIpc) is 2.73. The predicted octanol–water partition coefficient (Wildman–Crippen LogP) is 4.47. The number of rotatable bonds is 3. The molecule has 142 valence electrons. The van der Waals surface area contributed by atoms with Gasteiger partial charge in [-0.05, 0) is 47.9 Å². The SMILES string of the molecule is O=C(Nc1cccc(F)c1)C1CCCN(C(=O)c2cccc3ccccc23)C1. The molecule has 1 aliphatic heterocycles. The second kappa shape index (κ2) is 7.80. The van der Waals surface area contributed by atoms with Gasteiger partial charge in [0.15, 0.2) is 0 Å². The highest BCUT2D eigenvalue weighted by molar-refractivity contribution is 6.07. The maximum Gasteiger partial charge on any atom is 0.254 e. The molecule has 0 radical (unpaired) electrons. The third-order valence-electron chi connectivity index (χ3n) is 5.19. The Kier molecular flexibility index (Phi) is 5.06. The number of likely N-dealkylation sites (tertiary alicyclic amines) is 1. The minimum atomic E-state index is -0.394. The van der Waals surface area contributed by atoms with Crippen LogP contribution in [0.5, 0.6) is 0 Å². The van der Waals surface area contributed by atoms with Crippen molar-refractivity contribution >= 4 is 28.3 Å². The molecule has 3 aromatic rings. The van der Waals surface area contributed by atoms with E-state index in [9.17, 15) is 14.0 Å². The molecule has 0 spiro atoms. The molecule has 3 aromatic carbocycles. The molecule has 0 saturated carbocycles. The maximum absolute atomic E-state index is 13.3. The van der Waals surface area contributed by atoms with Gasteiger partial charge in [-0.25, -0.2) is 4.39 Å². The Morgan fingerprint density at radius 1 is 1.00 bits per heavy atom. The minimum absolute atomic E-state index is 0.0555. The first-order valence-corrected chi connectivity index (χ1v) is 9.45. The van der Waals surface area contributed by atoms with Crippen molar-refractivity contribution in [1.29, 1.82) is 0 Å². The summed E-state index contributed by atoms with van der Waals surface area (Å²) in [7, 11) is 0. The van der Waals surface area contributed by atoms with Crippen LogP contribution in [-0.4, -0.2) is 29.8 Å². The Labute approximate surface area is 163 Å². The first-order chi connectivity index (χ1) is 13.6. The fourth-order valence-corrected chi connectivity index (χ4v) is 3.77. The number of fused-ring (bicyclic) bond motifs is 1. The lowest BCUT2D eigenvalue weighted by Gasteiger charge is -2.32. The molecular weight excluding hydrogens is 355 g/mol. The van der Waals surface area contributed by atoms with Crippen LogP contribution in [-0.2, 0) is 4.79 Å². The summed E-state index contributed by atoms with van der Waals surface area (Å²) in [5, 5.41) is 4.70. The fraction of sp³-hybridized carbons (Fsp3) is 0.217. The Balaban J connectivity index is 1.50. The first kappa shape index (κ1) is 18.2. The summed E-state index contributed by atoms with van der Waals surface area (Å²) in [4.78, 5) is 27.5. The molecule has 0 aromatic heterocycles. The fourth-order valence-electron chi connectivity index (χ4n) is 3.77. The van der Waals surface area contributed by atoms with Crippen LogP contribution in [0.1, 0.15) is 23.2 Å². The molecule has 4 rings (SSSR count). The molecule has 1 atom stereocenters. The summed E-state index contributed by atoms with van der Waals surface area (Å²) in [5.41, 5.74) is 1.09. The van der Waals surface area contributed by atoms with Crippen LogP contribution in [0, 0.1) is 11.7 Å². The van der Waals surface area contributed by atoms with E-state index in [1.807, 2.05) is 42.5 Å². The lowest BCUT2D eigenvalue weighted by atomic mass is 9.95. The lowest BCUT2D eigenvalue weighted by molar-refractivity contribution is -0.121. The molecule has 0 aliphatic carbocycles. The molecule has 1 heterocycles. The number of amides is 2. The van der Waals surface area contributed by atoms with Crippen LogP contribution in [0.25, 0.3) is 10.8 Å². The number of carbonyl (C=O) groups is 2. The van der Waals surface area contributed by atoms with Crippen LogP contribution >= 0.6 is 0 Å². The summed E-state index contributed by atoms with van der Waals surface area (Å²) < 4.78 is 13.3. The van der Waals surface area contributed by atoms with E-state index in [-0.39, 0.29) is 17.7 Å². The van der Waals surface area contributed by atoms with Gasteiger partial charge in [-0.1, -0.05) is 42.5 Å². The van der Waals surface area contributed by atoms with E-state index in [0.717, 1.165) is 17.2 Å². The monoisotopic (exact) mass is 376 g/mol. The van der Waals surface area contributed by atoms with Gasteiger partial charge >= 0.3 is 0 Å². The summed E-state index contributed by atoms with van der Waals surface area (Å²) >= 11 is 0. The normalized spacial score (nSPS) is 16.8. The number of hydrogen-bond donors (Lipinski definition) is 1. The van der Waals surface area contributed by atoms with Crippen molar-refractivity contribution in [2.45, 2.75) is 12.8 Å². The van der Waals surface area contributed by atoms with Crippen LogP contribution in [0.3, 0.4) is 0 Å². The highest BCUT2D eigenvalue weighted by atomic mass is 19.1. The van der Waals surface area contributed by atoms with Crippen molar-refractivity contribution < 1.29 is 14.0 Å². The zero-order valence-electron chi connectivity index (χ0n) is 15.4. The highest BCUT2D eigenvalue weighted by Crippen LogP contribution is 2.24. The number of halogens is 1. The van der Waals surface area contributed by atoms with Gasteiger partial charge in [-0.2, -0.15) is 0 Å². The van der Waals surface area contributed by atoms with Gasteiger partial charge < -0.3 is 10.2 Å². The smallest absolute Gasteiger partial charge is 0.254 e. The minimum Gasteiger partial charge on any atom is -0.338 e. The number of nitrogens with zero attached hydrogens (tertiary/aromatic N) is 1. The summed E-state index contributed by atoms with van der Waals surface area (Å²) in [6.45, 7) is 0.995. The number of benzene rings is 3. The van der Waals surface area contributed by atoms with Crippen molar-refractivity contribution in [3.8, 4) is 0 Å². The van der Waals surface area contributed by atoms with E-state index in [0.29, 0.717) is 30.8 Å². The van der Waals surface area contributed by atoms with Crippen molar-refractivity contribution in [3.05, 3.63) is 78.1 Å². The topological polar surface area (TPSA) is 49.4 Å². The van der Waals surface area contributed by atoms with E-state index in [1.54, 1.807) is 17.0 Å². The number of nitrogens with one attached hydrogen (secondary N) is 1. The summed E-state index contributed by atoms with van der Waals surface area (Å²) in [6, 6.07) is 19.3. The van der Waals surface area contributed by atoms with Crippen LogP contribution in [0.2, 0.25) is 0 Å². The molecule has 4 nitrogen and oxygen atoms in total. The van der Waals surface area contributed by atoms with Crippen molar-refractivity contribution in [2.75, 3.05) is 18.4 Å². The molecule has 2 amide bonds. The molecule has 28 heavy (non-hydrogen) atoms. The van der Waals surface area contributed by atoms with Crippen molar-refractivity contribution in [2.24, 2.45) is 5.92 Å². The third-order valence-corrected chi connectivity index (χ3v) is 5.19. The van der Waals surface area contributed by atoms with Gasteiger partial charge in [0.05, 0.1) is 5.92 Å². The van der Waals surface area contributed by atoms with Crippen LogP contribution < -0.4 is 5.32 Å². The summed E-state index contributed by atoms with van der Waals surface area (Å²) in [6.07, 6.45) is 1.47. The Morgan fingerprint density at radius 3 is 2.64 bits per heavy atom. The number of carbonyl (C=O) groups excluding carboxylic acids is 2. The second-order valence-corrected chi connectivity index (χ2v) is 7.12. The Hall–Kier alpha value is -3.21. The summed E-state index contributed by atoms with van der Waals surface area (Å²) in [5.74, 6) is -0.939. The van der Waals surface area contributed by atoms with E-state index in [1.165, 1.54) is 12.1 Å².